The SMILES string of the molecule is COC(=O)/C=[N+](/[O-])[C@H]1O[C@H]([C@@H]2COC(C)(C)O2)[C@@H]2OC(C)(C)O[C@@H]21. The maximum absolute atomic E-state index is 12.3. The number of ether oxygens (including phenoxy) is 6. The van der Waals surface area contributed by atoms with Gasteiger partial charge in [-0.2, -0.15) is 4.74 Å². The van der Waals surface area contributed by atoms with Crippen molar-refractivity contribution in [2.45, 2.75) is 69.9 Å². The summed E-state index contributed by atoms with van der Waals surface area (Å²) in [4.78, 5) is 11.3. The van der Waals surface area contributed by atoms with Gasteiger partial charge in [-0.1, -0.05) is 0 Å². The van der Waals surface area contributed by atoms with Gasteiger partial charge in [0, 0.05) is 0 Å². The van der Waals surface area contributed by atoms with E-state index < -0.39 is 48.2 Å². The van der Waals surface area contributed by atoms with Crippen LogP contribution in [-0.4, -0.2) is 72.9 Å². The Labute approximate surface area is 140 Å². The number of rotatable bonds is 3. The molecule has 0 bridgehead atoms. The van der Waals surface area contributed by atoms with Gasteiger partial charge < -0.3 is 33.6 Å². The van der Waals surface area contributed by atoms with Gasteiger partial charge in [0.2, 0.25) is 0 Å². The summed E-state index contributed by atoms with van der Waals surface area (Å²) in [6.07, 6.45) is -2.36. The Hall–Kier alpha value is -1.26. The van der Waals surface area contributed by atoms with Crippen molar-refractivity contribution >= 4 is 12.2 Å². The summed E-state index contributed by atoms with van der Waals surface area (Å²) >= 11 is 0. The molecule has 3 rings (SSSR count). The number of hydroxylamine groups is 1. The quantitative estimate of drug-likeness (QED) is 0.234. The standard InChI is InChI=1S/C15H23NO8/c1-14(2)20-7-8(22-14)10-11-12(24-15(3,4)23-11)13(21-10)16(18)6-9(17)19-5/h6,8,10-13H,7H2,1-5H3/b16-6+/t8-,10+,11-,12-,13-/m0/s1. The van der Waals surface area contributed by atoms with Gasteiger partial charge in [0.25, 0.3) is 12.4 Å². The Morgan fingerprint density at radius 3 is 2.38 bits per heavy atom. The maximum Gasteiger partial charge on any atom is 0.396 e. The number of carbonyl (C=O) groups excluding carboxylic acids is 1. The Morgan fingerprint density at radius 2 is 1.79 bits per heavy atom. The van der Waals surface area contributed by atoms with Crippen molar-refractivity contribution in [3.05, 3.63) is 5.21 Å². The second-order valence-electron chi connectivity index (χ2n) is 6.94. The molecule has 0 unspecified atom stereocenters. The first-order chi connectivity index (χ1) is 11.1. The van der Waals surface area contributed by atoms with E-state index in [1.807, 2.05) is 0 Å². The highest BCUT2D eigenvalue weighted by Crippen LogP contribution is 2.42. The van der Waals surface area contributed by atoms with Gasteiger partial charge in [-0.05, 0) is 27.7 Å². The number of fused-ring (bicyclic) bond motifs is 1. The number of methoxy groups -OCH3 is 1. The number of hydrogen-bond acceptors (Lipinski definition) is 8. The van der Waals surface area contributed by atoms with Crippen molar-refractivity contribution in [2.24, 2.45) is 0 Å². The van der Waals surface area contributed by atoms with Crippen LogP contribution in [0.3, 0.4) is 0 Å². The molecule has 0 saturated carbocycles. The molecular weight excluding hydrogens is 322 g/mol. The highest BCUT2D eigenvalue weighted by atomic mass is 16.8. The Balaban J connectivity index is 1.82. The molecule has 0 aliphatic carbocycles. The van der Waals surface area contributed by atoms with E-state index in [4.69, 9.17) is 23.7 Å². The second-order valence-corrected chi connectivity index (χ2v) is 6.94. The lowest BCUT2D eigenvalue weighted by Gasteiger charge is -2.26. The smallest absolute Gasteiger partial charge is 0.396 e. The van der Waals surface area contributed by atoms with E-state index in [2.05, 4.69) is 4.74 Å². The van der Waals surface area contributed by atoms with Crippen molar-refractivity contribution in [3.63, 3.8) is 0 Å². The molecule has 9 heteroatoms. The molecule has 136 valence electrons. The molecule has 3 aliphatic rings. The van der Waals surface area contributed by atoms with Crippen LogP contribution in [0.25, 0.3) is 0 Å². The van der Waals surface area contributed by atoms with Gasteiger partial charge in [0.05, 0.1) is 13.7 Å². The summed E-state index contributed by atoms with van der Waals surface area (Å²) in [7, 11) is 1.19. The maximum atomic E-state index is 12.3. The Morgan fingerprint density at radius 1 is 1.12 bits per heavy atom. The third-order valence-electron chi connectivity index (χ3n) is 4.15. The van der Waals surface area contributed by atoms with E-state index in [0.29, 0.717) is 11.3 Å². The third kappa shape index (κ3) is 3.27. The summed E-state index contributed by atoms with van der Waals surface area (Å²) in [6, 6.07) is 0. The first-order valence-corrected chi connectivity index (χ1v) is 7.83. The highest BCUT2D eigenvalue weighted by Gasteiger charge is 2.62. The zero-order chi connectivity index (χ0) is 17.7. The molecule has 0 aromatic rings. The molecule has 0 N–H and O–H groups in total. The van der Waals surface area contributed by atoms with Crippen LogP contribution in [-0.2, 0) is 33.2 Å². The second kappa shape index (κ2) is 5.92. The van der Waals surface area contributed by atoms with Crippen LogP contribution in [0.5, 0.6) is 0 Å². The van der Waals surface area contributed by atoms with Gasteiger partial charge >= 0.3 is 5.97 Å². The average Bonchev–Trinajstić information content (AvgIpc) is 3.08. The fraction of sp³-hybridized carbons (Fsp3) is 0.867. The van der Waals surface area contributed by atoms with Gasteiger partial charge in [0.15, 0.2) is 17.7 Å². The number of hydrogen-bond donors (Lipinski definition) is 0. The first-order valence-electron chi connectivity index (χ1n) is 7.83. The third-order valence-corrected chi connectivity index (χ3v) is 4.15. The molecule has 9 nitrogen and oxygen atoms in total. The topological polar surface area (TPSA) is 98.5 Å². The van der Waals surface area contributed by atoms with Crippen LogP contribution >= 0.6 is 0 Å². The Bertz CT molecular complexity index is 546. The van der Waals surface area contributed by atoms with Gasteiger partial charge in [-0.15, -0.1) is 0 Å². The zero-order valence-electron chi connectivity index (χ0n) is 14.4. The molecule has 3 saturated heterocycles. The van der Waals surface area contributed by atoms with Gasteiger partial charge in [0.1, 0.15) is 18.3 Å². The van der Waals surface area contributed by atoms with Gasteiger partial charge in [-0.3, -0.25) is 0 Å². The molecule has 3 heterocycles. The van der Waals surface area contributed by atoms with Crippen LogP contribution in [0, 0.1) is 5.21 Å². The molecule has 0 spiro atoms. The predicted octanol–water partition coefficient (Wildman–Crippen LogP) is 0.137. The molecular formula is C15H23NO8. The van der Waals surface area contributed by atoms with Crippen molar-refractivity contribution in [3.8, 4) is 0 Å². The van der Waals surface area contributed by atoms with E-state index in [-0.39, 0.29) is 0 Å². The number of nitrogens with zero attached hydrogens (tertiary/aromatic N) is 1. The summed E-state index contributed by atoms with van der Waals surface area (Å²) in [5, 5.41) is 12.3. The van der Waals surface area contributed by atoms with E-state index in [1.165, 1.54) is 7.11 Å². The monoisotopic (exact) mass is 345 g/mol. The highest BCUT2D eigenvalue weighted by molar-refractivity contribution is 6.20. The van der Waals surface area contributed by atoms with Crippen molar-refractivity contribution in [2.75, 3.05) is 13.7 Å². The van der Waals surface area contributed by atoms with Crippen molar-refractivity contribution in [1.82, 2.24) is 0 Å². The van der Waals surface area contributed by atoms with Gasteiger partial charge in [-0.25, -0.2) is 4.79 Å². The molecule has 0 radical (unpaired) electrons. The summed E-state index contributed by atoms with van der Waals surface area (Å²) in [5.74, 6) is -2.36. The van der Waals surface area contributed by atoms with Crippen LogP contribution in [0.2, 0.25) is 0 Å². The normalized spacial score (nSPS) is 40.5. The lowest BCUT2D eigenvalue weighted by atomic mass is 10.1. The largest absolute Gasteiger partial charge is 0.622 e. The van der Waals surface area contributed by atoms with E-state index in [0.717, 1.165) is 6.21 Å². The van der Waals surface area contributed by atoms with Crippen LogP contribution < -0.4 is 0 Å². The molecule has 5 atom stereocenters. The minimum atomic E-state index is -1.03. The fourth-order valence-corrected chi connectivity index (χ4v) is 3.22. The minimum absolute atomic E-state index is 0.316. The molecule has 0 amide bonds. The lowest BCUT2D eigenvalue weighted by Crippen LogP contribution is -2.40. The number of esters is 1. The summed E-state index contributed by atoms with van der Waals surface area (Å²) in [5.41, 5.74) is 0. The summed E-state index contributed by atoms with van der Waals surface area (Å²) < 4.78 is 33.8. The van der Waals surface area contributed by atoms with Crippen LogP contribution in [0.4, 0.5) is 0 Å². The molecule has 3 aliphatic heterocycles. The van der Waals surface area contributed by atoms with E-state index >= 15 is 0 Å². The minimum Gasteiger partial charge on any atom is -0.622 e. The van der Waals surface area contributed by atoms with E-state index in [1.54, 1.807) is 27.7 Å². The predicted molar refractivity (Wildman–Crippen MR) is 79.1 cm³/mol. The van der Waals surface area contributed by atoms with Crippen molar-refractivity contribution in [1.29, 1.82) is 0 Å². The average molecular weight is 345 g/mol. The van der Waals surface area contributed by atoms with Crippen LogP contribution in [0.15, 0.2) is 0 Å². The first kappa shape index (κ1) is 17.6. The van der Waals surface area contributed by atoms with Crippen LogP contribution in [0.1, 0.15) is 27.7 Å². The van der Waals surface area contributed by atoms with E-state index in [9.17, 15) is 10.0 Å². The fourth-order valence-electron chi connectivity index (χ4n) is 3.22. The Kier molecular flexibility index (Phi) is 4.33. The van der Waals surface area contributed by atoms with Crippen molar-refractivity contribution < 1.29 is 38.0 Å². The molecule has 24 heavy (non-hydrogen) atoms. The zero-order valence-corrected chi connectivity index (χ0v) is 14.4. The molecule has 0 aromatic heterocycles. The lowest BCUT2D eigenvalue weighted by molar-refractivity contribution is -0.562. The summed E-state index contributed by atoms with van der Waals surface area (Å²) in [6.45, 7) is 7.44. The number of carbonyl (C=O) groups is 1. The molecule has 0 aromatic carbocycles. The molecule has 3 fully saturated rings.